The van der Waals surface area contributed by atoms with Crippen LogP contribution in [0.1, 0.15) is 43.6 Å². The third-order valence-corrected chi connectivity index (χ3v) is 12.5. The Hall–Kier alpha value is -4.60. The van der Waals surface area contributed by atoms with E-state index in [-0.39, 0.29) is 22.7 Å². The molecule has 1 aliphatic heterocycles. The molecular weight excluding hydrogens is 719 g/mol. The zero-order valence-electron chi connectivity index (χ0n) is 30.7. The van der Waals surface area contributed by atoms with Gasteiger partial charge < -0.3 is 18.9 Å². The van der Waals surface area contributed by atoms with Crippen molar-refractivity contribution in [1.82, 2.24) is 4.98 Å². The van der Waals surface area contributed by atoms with Crippen molar-refractivity contribution < 1.29 is 18.9 Å². The maximum absolute atomic E-state index is 7.06. The fraction of sp³-hybridized carbons (Fsp3) is 0.229. The summed E-state index contributed by atoms with van der Waals surface area (Å²) in [5.41, 5.74) is 7.96. The zero-order valence-corrected chi connectivity index (χ0v) is 32.3. The van der Waals surface area contributed by atoms with E-state index >= 15 is 0 Å². The van der Waals surface area contributed by atoms with Gasteiger partial charge in [-0.05, 0) is 45.5 Å². The van der Waals surface area contributed by atoms with E-state index in [2.05, 4.69) is 146 Å². The number of hydrogen-bond acceptors (Lipinski definition) is 7. The number of thiazole rings is 1. The maximum Gasteiger partial charge on any atom is 0.113 e. The van der Waals surface area contributed by atoms with E-state index in [0.717, 1.165) is 39.2 Å². The second-order valence-electron chi connectivity index (χ2n) is 13.9. The summed E-state index contributed by atoms with van der Waals surface area (Å²) in [5, 5.41) is 1.02. The van der Waals surface area contributed by atoms with E-state index in [1.165, 1.54) is 15.8 Å². The van der Waals surface area contributed by atoms with Crippen LogP contribution in [0.25, 0.3) is 10.2 Å². The van der Waals surface area contributed by atoms with Gasteiger partial charge in [-0.15, -0.1) is 23.1 Å². The Morgan fingerprint density at radius 2 is 0.982 bits per heavy atom. The summed E-state index contributed by atoms with van der Waals surface area (Å²) in [7, 11) is 0. The number of ether oxygens (including phenoxy) is 4. The lowest BCUT2D eigenvalue weighted by molar-refractivity contribution is -0.160. The summed E-state index contributed by atoms with van der Waals surface area (Å²) in [4.78, 5) is 4.96. The lowest BCUT2D eigenvalue weighted by Gasteiger charge is -2.46. The van der Waals surface area contributed by atoms with Gasteiger partial charge in [0.25, 0.3) is 0 Å². The Morgan fingerprint density at radius 3 is 1.58 bits per heavy atom. The number of para-hydroxylation sites is 1. The first kappa shape index (κ1) is 37.3. The van der Waals surface area contributed by atoms with E-state index in [0.29, 0.717) is 33.0 Å². The van der Waals surface area contributed by atoms with Crippen molar-refractivity contribution in [2.45, 2.75) is 61.7 Å². The van der Waals surface area contributed by atoms with Crippen molar-refractivity contribution in [3.63, 3.8) is 0 Å². The minimum Gasteiger partial charge on any atom is -0.376 e. The van der Waals surface area contributed by atoms with Gasteiger partial charge in [0.2, 0.25) is 0 Å². The average Bonchev–Trinajstić information content (AvgIpc) is 3.65. The first-order valence-electron chi connectivity index (χ1n) is 18.9. The van der Waals surface area contributed by atoms with Crippen LogP contribution >= 0.6 is 23.1 Å². The predicted molar refractivity (Wildman–Crippen MR) is 224 cm³/mol. The Labute approximate surface area is 332 Å². The first-order valence-corrected chi connectivity index (χ1v) is 20.7. The number of hydrogen-bond donors (Lipinski definition) is 0. The fourth-order valence-corrected chi connectivity index (χ4v) is 9.74. The molecule has 8 rings (SSSR count). The van der Waals surface area contributed by atoms with E-state index in [4.69, 9.17) is 23.9 Å². The molecule has 0 aliphatic carbocycles. The highest BCUT2D eigenvalue weighted by atomic mass is 32.2. The van der Waals surface area contributed by atoms with E-state index < -0.39 is 6.10 Å². The van der Waals surface area contributed by atoms with Crippen molar-refractivity contribution in [1.29, 1.82) is 0 Å². The Morgan fingerprint density at radius 1 is 0.473 bits per heavy atom. The quantitative estimate of drug-likeness (QED) is 0.0977. The van der Waals surface area contributed by atoms with Crippen molar-refractivity contribution in [3.8, 4) is 0 Å². The Balaban J connectivity index is 1.14. The highest BCUT2D eigenvalue weighted by Crippen LogP contribution is 2.47. The van der Waals surface area contributed by atoms with Gasteiger partial charge in [0.05, 0.1) is 58.8 Å². The molecule has 5 nitrogen and oxygen atoms in total. The van der Waals surface area contributed by atoms with E-state index in [9.17, 15) is 0 Å². The van der Waals surface area contributed by atoms with Crippen molar-refractivity contribution >= 4 is 33.3 Å². The van der Waals surface area contributed by atoms with Crippen LogP contribution in [-0.4, -0.2) is 35.2 Å². The SMILES string of the molecule is c1ccc(COC[C@H]2S[C@@H](c3cccc(Cc4nc5ccccc5s4)c3)[C@H](OCc3ccccc3)[C@@H](OCc3ccccc3)[C@@H]2OCc2ccccc2)cc1. The van der Waals surface area contributed by atoms with Gasteiger partial charge in [0.15, 0.2) is 0 Å². The number of benzene rings is 6. The molecule has 1 fully saturated rings. The normalized spacial score (nSPS) is 19.7. The molecule has 0 bridgehead atoms. The molecule has 1 aromatic heterocycles. The van der Waals surface area contributed by atoms with Crippen LogP contribution in [0.5, 0.6) is 0 Å². The molecule has 278 valence electrons. The van der Waals surface area contributed by atoms with Crippen molar-refractivity contribution in [3.05, 3.63) is 208 Å². The lowest BCUT2D eigenvalue weighted by Crippen LogP contribution is -2.54. The smallest absolute Gasteiger partial charge is 0.113 e. The summed E-state index contributed by atoms with van der Waals surface area (Å²) < 4.78 is 28.8. The van der Waals surface area contributed by atoms with E-state index in [1.54, 1.807) is 11.3 Å². The van der Waals surface area contributed by atoms with Gasteiger partial charge >= 0.3 is 0 Å². The minimum absolute atomic E-state index is 0.0392. The molecule has 1 saturated heterocycles. The summed E-state index contributed by atoms with van der Waals surface area (Å²) in [6, 6.07) is 58.8. The largest absolute Gasteiger partial charge is 0.376 e. The predicted octanol–water partition coefficient (Wildman–Crippen LogP) is 11.0. The molecule has 0 saturated carbocycles. The standard InChI is InChI=1S/C48H45NO4S2/c1-5-16-35(17-6-1)30-50-34-43-45(51-31-36-18-7-2-8-19-36)46(52-32-37-20-9-3-10-21-37)47(53-33-38-22-11-4-12-23-38)48(55-43)40-25-15-24-39(28-40)29-44-49-41-26-13-14-27-42(41)54-44/h1-28,43,45-48H,29-34H2/t43-,45-,46+,47-,48+/m1/s1. The molecule has 5 atom stereocenters. The summed E-state index contributed by atoms with van der Waals surface area (Å²) >= 11 is 3.64. The number of nitrogens with zero attached hydrogens (tertiary/aromatic N) is 1. The molecule has 1 aliphatic rings. The number of thioether (sulfide) groups is 1. The zero-order chi connectivity index (χ0) is 37.1. The number of aromatic nitrogens is 1. The van der Waals surface area contributed by atoms with Crippen molar-refractivity contribution in [2.75, 3.05) is 6.61 Å². The molecule has 0 radical (unpaired) electrons. The van der Waals surface area contributed by atoms with Crippen LogP contribution in [-0.2, 0) is 51.8 Å². The minimum atomic E-state index is -0.392. The lowest BCUT2D eigenvalue weighted by atomic mass is 9.94. The molecule has 6 aromatic carbocycles. The van der Waals surface area contributed by atoms with Gasteiger partial charge in [-0.3, -0.25) is 0 Å². The maximum atomic E-state index is 7.06. The van der Waals surface area contributed by atoms with E-state index in [1.807, 2.05) is 36.0 Å². The Kier molecular flexibility index (Phi) is 12.8. The average molecular weight is 764 g/mol. The molecular formula is C48H45NO4S2. The molecule has 2 heterocycles. The third-order valence-electron chi connectivity index (χ3n) is 9.86. The number of fused-ring (bicyclic) bond motifs is 1. The summed E-state index contributed by atoms with van der Waals surface area (Å²) in [5.74, 6) is 0. The van der Waals surface area contributed by atoms with Crippen LogP contribution in [0.4, 0.5) is 0 Å². The van der Waals surface area contributed by atoms with Crippen LogP contribution in [0, 0.1) is 0 Å². The first-order chi connectivity index (χ1) is 27.2. The molecule has 0 spiro atoms. The number of rotatable bonds is 16. The van der Waals surface area contributed by atoms with Crippen molar-refractivity contribution in [2.24, 2.45) is 0 Å². The molecule has 0 unspecified atom stereocenters. The van der Waals surface area contributed by atoms with Gasteiger partial charge in [0, 0.05) is 6.42 Å². The molecule has 55 heavy (non-hydrogen) atoms. The van der Waals surface area contributed by atoms with Crippen LogP contribution in [0.3, 0.4) is 0 Å². The summed E-state index contributed by atoms with van der Waals surface area (Å²) in [6.07, 6.45) is -0.261. The molecule has 7 aromatic rings. The highest BCUT2D eigenvalue weighted by Gasteiger charge is 2.48. The Bertz CT molecular complexity index is 2170. The third kappa shape index (κ3) is 9.99. The summed E-state index contributed by atoms with van der Waals surface area (Å²) in [6.45, 7) is 2.38. The van der Waals surface area contributed by atoms with Gasteiger partial charge in [-0.2, -0.15) is 0 Å². The van der Waals surface area contributed by atoms with Gasteiger partial charge in [-0.25, -0.2) is 4.98 Å². The topological polar surface area (TPSA) is 49.8 Å². The van der Waals surface area contributed by atoms with Crippen LogP contribution in [0.2, 0.25) is 0 Å². The molecule has 0 N–H and O–H groups in total. The van der Waals surface area contributed by atoms with Gasteiger partial charge in [0.1, 0.15) is 18.3 Å². The fourth-order valence-electron chi connectivity index (χ4n) is 7.11. The monoisotopic (exact) mass is 763 g/mol. The second kappa shape index (κ2) is 18.8. The molecule has 7 heteroatoms. The highest BCUT2D eigenvalue weighted by molar-refractivity contribution is 8.00. The van der Waals surface area contributed by atoms with Gasteiger partial charge in [-0.1, -0.05) is 158 Å². The molecule has 0 amide bonds. The van der Waals surface area contributed by atoms with Crippen LogP contribution < -0.4 is 0 Å². The van der Waals surface area contributed by atoms with Crippen LogP contribution in [0.15, 0.2) is 170 Å². The second-order valence-corrected chi connectivity index (χ2v) is 16.4.